The van der Waals surface area contributed by atoms with Gasteiger partial charge in [0, 0.05) is 19.0 Å². The van der Waals surface area contributed by atoms with Crippen LogP contribution in [0.1, 0.15) is 46.6 Å². The molecule has 0 amide bonds. The van der Waals surface area contributed by atoms with Crippen LogP contribution in [-0.4, -0.2) is 16.8 Å². The van der Waals surface area contributed by atoms with Gasteiger partial charge in [-0.15, -0.1) is 0 Å². The smallest absolute Gasteiger partial charge is 0.186 e. The minimum absolute atomic E-state index is 0.293. The lowest BCUT2D eigenvalue weighted by atomic mass is 10.0. The fraction of sp³-hybridized carbons (Fsp3) is 0.467. The first-order valence-electron chi connectivity index (χ1n) is 7.12. The molecular formula is C15H16N2OS2. The van der Waals surface area contributed by atoms with Gasteiger partial charge in [0.15, 0.2) is 10.9 Å². The predicted octanol–water partition coefficient (Wildman–Crippen LogP) is 3.89. The maximum absolute atomic E-state index is 12.0. The molecule has 2 aromatic heterocycles. The van der Waals surface area contributed by atoms with Gasteiger partial charge in [-0.3, -0.25) is 4.79 Å². The third kappa shape index (κ3) is 2.29. The van der Waals surface area contributed by atoms with Gasteiger partial charge in [0.25, 0.3) is 0 Å². The average Bonchev–Trinajstić information content (AvgIpc) is 2.99. The molecule has 3 nitrogen and oxygen atoms in total. The van der Waals surface area contributed by atoms with Gasteiger partial charge in [0.2, 0.25) is 0 Å². The van der Waals surface area contributed by atoms with Gasteiger partial charge >= 0.3 is 0 Å². The molecule has 0 bridgehead atoms. The maximum Gasteiger partial charge on any atom is 0.186 e. The summed E-state index contributed by atoms with van der Waals surface area (Å²) in [4.78, 5) is 20.1. The van der Waals surface area contributed by atoms with Crippen LogP contribution in [0.5, 0.6) is 0 Å². The van der Waals surface area contributed by atoms with Crippen molar-refractivity contribution >= 4 is 33.6 Å². The van der Waals surface area contributed by atoms with E-state index in [1.165, 1.54) is 18.4 Å². The lowest BCUT2D eigenvalue weighted by molar-refractivity contribution is 0.0976. The third-order valence-electron chi connectivity index (χ3n) is 3.92. The van der Waals surface area contributed by atoms with E-state index in [0.717, 1.165) is 35.1 Å². The van der Waals surface area contributed by atoms with Crippen molar-refractivity contribution in [1.29, 1.82) is 0 Å². The molecule has 2 heterocycles. The molecule has 1 fully saturated rings. The molecule has 5 heteroatoms. The van der Waals surface area contributed by atoms with Crippen molar-refractivity contribution in [3.05, 3.63) is 33.0 Å². The molecule has 104 valence electrons. The molecule has 0 radical (unpaired) electrons. The maximum atomic E-state index is 12.0. The number of Topliss-reactive ketones (excluding diaryl/α,β-unsaturated/α-hetero) is 1. The summed E-state index contributed by atoms with van der Waals surface area (Å²) in [6, 6.07) is 2.80. The molecule has 2 aliphatic rings. The highest BCUT2D eigenvalue weighted by molar-refractivity contribution is 7.17. The molecule has 0 spiro atoms. The van der Waals surface area contributed by atoms with Crippen LogP contribution in [0.3, 0.4) is 0 Å². The summed E-state index contributed by atoms with van der Waals surface area (Å²) in [5.74, 6) is 0.293. The van der Waals surface area contributed by atoms with E-state index in [9.17, 15) is 4.79 Å². The molecular weight excluding hydrogens is 288 g/mol. The van der Waals surface area contributed by atoms with Gasteiger partial charge in [-0.25, -0.2) is 4.98 Å². The normalized spacial score (nSPS) is 18.1. The monoisotopic (exact) mass is 304 g/mol. The van der Waals surface area contributed by atoms with E-state index in [0.29, 0.717) is 18.2 Å². The summed E-state index contributed by atoms with van der Waals surface area (Å²) in [5.41, 5.74) is 2.39. The molecule has 0 N–H and O–H groups in total. The summed E-state index contributed by atoms with van der Waals surface area (Å²) in [5, 5.41) is 5.38. The standard InChI is InChI=1S/C15H16N2OS2/c18-13-3-1-2-12-14(13)20-15(16-12)17(11-4-5-11)8-10-6-7-19-9-10/h6-7,9,11H,1-5,8H2. The fourth-order valence-electron chi connectivity index (χ4n) is 2.70. The van der Waals surface area contributed by atoms with Crippen LogP contribution in [-0.2, 0) is 13.0 Å². The van der Waals surface area contributed by atoms with E-state index >= 15 is 0 Å². The Morgan fingerprint density at radius 3 is 2.95 bits per heavy atom. The Morgan fingerprint density at radius 1 is 1.35 bits per heavy atom. The summed E-state index contributed by atoms with van der Waals surface area (Å²) in [6.45, 7) is 0.925. The van der Waals surface area contributed by atoms with Crippen LogP contribution in [0.15, 0.2) is 16.8 Å². The molecule has 4 rings (SSSR count). The van der Waals surface area contributed by atoms with Crippen LogP contribution in [0, 0.1) is 0 Å². The minimum Gasteiger partial charge on any atom is -0.341 e. The molecule has 20 heavy (non-hydrogen) atoms. The van der Waals surface area contributed by atoms with Crippen LogP contribution < -0.4 is 4.90 Å². The van der Waals surface area contributed by atoms with Gasteiger partial charge in [-0.2, -0.15) is 11.3 Å². The van der Waals surface area contributed by atoms with Gasteiger partial charge in [-0.05, 0) is 48.1 Å². The van der Waals surface area contributed by atoms with Crippen molar-refractivity contribution < 1.29 is 4.79 Å². The van der Waals surface area contributed by atoms with Crippen LogP contribution in [0.25, 0.3) is 0 Å². The molecule has 0 atom stereocenters. The highest BCUT2D eigenvalue weighted by Gasteiger charge is 2.33. The second-order valence-corrected chi connectivity index (χ2v) is 7.30. The molecule has 0 unspecified atom stereocenters. The Bertz CT molecular complexity index is 628. The average molecular weight is 304 g/mol. The van der Waals surface area contributed by atoms with Gasteiger partial charge in [0.05, 0.1) is 10.6 Å². The van der Waals surface area contributed by atoms with Gasteiger partial charge in [0.1, 0.15) is 0 Å². The van der Waals surface area contributed by atoms with Gasteiger partial charge in [-0.1, -0.05) is 11.3 Å². The molecule has 0 aromatic carbocycles. The summed E-state index contributed by atoms with van der Waals surface area (Å²) in [6.07, 6.45) is 5.13. The molecule has 0 saturated heterocycles. The van der Waals surface area contributed by atoms with Crippen molar-refractivity contribution in [2.75, 3.05) is 4.90 Å². The van der Waals surface area contributed by atoms with Crippen molar-refractivity contribution in [3.63, 3.8) is 0 Å². The number of aromatic nitrogens is 1. The first-order valence-corrected chi connectivity index (χ1v) is 8.88. The molecule has 0 aliphatic heterocycles. The fourth-order valence-corrected chi connectivity index (χ4v) is 4.51. The Balaban J connectivity index is 1.65. The predicted molar refractivity (Wildman–Crippen MR) is 82.9 cm³/mol. The van der Waals surface area contributed by atoms with E-state index in [1.54, 1.807) is 22.7 Å². The summed E-state index contributed by atoms with van der Waals surface area (Å²) in [7, 11) is 0. The second kappa shape index (κ2) is 4.97. The summed E-state index contributed by atoms with van der Waals surface area (Å²) >= 11 is 3.35. The SMILES string of the molecule is O=C1CCCc2nc(N(Cc3ccsc3)C3CC3)sc21. The highest BCUT2D eigenvalue weighted by atomic mass is 32.1. The number of rotatable bonds is 4. The van der Waals surface area contributed by atoms with E-state index < -0.39 is 0 Å². The number of anilines is 1. The van der Waals surface area contributed by atoms with Crippen LogP contribution in [0.4, 0.5) is 5.13 Å². The lowest BCUT2D eigenvalue weighted by Gasteiger charge is -2.20. The zero-order valence-electron chi connectivity index (χ0n) is 11.2. The van der Waals surface area contributed by atoms with E-state index in [2.05, 4.69) is 21.7 Å². The second-order valence-electron chi connectivity index (χ2n) is 5.54. The van der Waals surface area contributed by atoms with E-state index in [-0.39, 0.29) is 0 Å². The molecule has 2 aromatic rings. The topological polar surface area (TPSA) is 33.2 Å². The quantitative estimate of drug-likeness (QED) is 0.859. The molecule has 1 saturated carbocycles. The Hall–Kier alpha value is -1.20. The number of hydrogen-bond acceptors (Lipinski definition) is 5. The van der Waals surface area contributed by atoms with Crippen molar-refractivity contribution in [2.24, 2.45) is 0 Å². The number of thiophene rings is 1. The van der Waals surface area contributed by atoms with Crippen LogP contribution in [0.2, 0.25) is 0 Å². The first kappa shape index (κ1) is 12.5. The van der Waals surface area contributed by atoms with Crippen molar-refractivity contribution in [1.82, 2.24) is 4.98 Å². The Morgan fingerprint density at radius 2 is 2.25 bits per heavy atom. The molecule has 2 aliphatic carbocycles. The van der Waals surface area contributed by atoms with Gasteiger partial charge < -0.3 is 4.90 Å². The van der Waals surface area contributed by atoms with E-state index in [1.807, 2.05) is 0 Å². The Labute approximate surface area is 126 Å². The number of nitrogens with zero attached hydrogens (tertiary/aromatic N) is 2. The van der Waals surface area contributed by atoms with Crippen molar-refractivity contribution in [2.45, 2.75) is 44.7 Å². The largest absolute Gasteiger partial charge is 0.341 e. The number of aryl methyl sites for hydroxylation is 1. The zero-order chi connectivity index (χ0) is 13.5. The van der Waals surface area contributed by atoms with E-state index in [4.69, 9.17) is 4.98 Å². The highest BCUT2D eigenvalue weighted by Crippen LogP contribution is 2.38. The minimum atomic E-state index is 0.293. The zero-order valence-corrected chi connectivity index (χ0v) is 12.8. The number of carbonyl (C=O) groups is 1. The number of ketones is 1. The summed E-state index contributed by atoms with van der Waals surface area (Å²) < 4.78 is 0. The third-order valence-corrected chi connectivity index (χ3v) is 5.83. The first-order chi connectivity index (χ1) is 9.81. The lowest BCUT2D eigenvalue weighted by Crippen LogP contribution is -2.24. The van der Waals surface area contributed by atoms with Crippen LogP contribution >= 0.6 is 22.7 Å². The number of carbonyl (C=O) groups excluding carboxylic acids is 1. The number of hydrogen-bond donors (Lipinski definition) is 0. The number of fused-ring (bicyclic) bond motifs is 1. The Kier molecular flexibility index (Phi) is 3.11. The number of thiazole rings is 1. The van der Waals surface area contributed by atoms with Crippen molar-refractivity contribution in [3.8, 4) is 0 Å².